The van der Waals surface area contributed by atoms with Gasteiger partial charge in [0, 0.05) is 6.07 Å². The van der Waals surface area contributed by atoms with Crippen LogP contribution in [0.4, 0.5) is 11.5 Å². The van der Waals surface area contributed by atoms with E-state index >= 15 is 0 Å². The van der Waals surface area contributed by atoms with E-state index in [1.807, 2.05) is 25.3 Å². The molecule has 0 aliphatic carbocycles. The molecule has 0 atom stereocenters. The van der Waals surface area contributed by atoms with E-state index in [2.05, 4.69) is 20.6 Å². The summed E-state index contributed by atoms with van der Waals surface area (Å²) >= 11 is 1.45. The number of benzene rings is 2. The Morgan fingerprint density at radius 1 is 1.00 bits per heavy atom. The van der Waals surface area contributed by atoms with Gasteiger partial charge in [0.05, 0.1) is 35.0 Å². The number of aryl methyl sites for hydroxylation is 2. The van der Waals surface area contributed by atoms with E-state index in [0.29, 0.717) is 28.5 Å². The second-order valence-corrected chi connectivity index (χ2v) is 10.4. The van der Waals surface area contributed by atoms with E-state index in [0.717, 1.165) is 15.8 Å². The number of nitrogens with one attached hydrogen (secondary N) is 1. The third-order valence-electron chi connectivity index (χ3n) is 5.63. The van der Waals surface area contributed by atoms with Crippen molar-refractivity contribution >= 4 is 48.5 Å². The lowest BCUT2D eigenvalue weighted by atomic mass is 10.1. The number of rotatable bonds is 6. The molecule has 5 rings (SSSR count). The number of thiophene rings is 1. The highest BCUT2D eigenvalue weighted by atomic mass is 32.2. The predicted octanol–water partition coefficient (Wildman–Crippen LogP) is 4.55. The van der Waals surface area contributed by atoms with E-state index in [4.69, 9.17) is 9.47 Å². The summed E-state index contributed by atoms with van der Waals surface area (Å²) in [5.74, 6) is 1.68. The zero-order valence-electron chi connectivity index (χ0n) is 18.9. The van der Waals surface area contributed by atoms with Crippen LogP contribution in [0.25, 0.3) is 15.9 Å². The van der Waals surface area contributed by atoms with Gasteiger partial charge in [-0.3, -0.25) is 0 Å². The van der Waals surface area contributed by atoms with Crippen LogP contribution in [-0.2, 0) is 9.84 Å². The van der Waals surface area contributed by atoms with Gasteiger partial charge in [-0.15, -0.1) is 16.4 Å². The molecule has 0 aliphatic rings. The van der Waals surface area contributed by atoms with Crippen molar-refractivity contribution < 1.29 is 17.9 Å². The summed E-state index contributed by atoms with van der Waals surface area (Å²) in [6.45, 7) is 3.80. The van der Waals surface area contributed by atoms with Crippen LogP contribution < -0.4 is 14.8 Å². The highest BCUT2D eigenvalue weighted by Gasteiger charge is 2.28. The SMILES string of the molecule is COc1ccc(OC)c(Nc2nc3c(S(=O)(=O)c4ccc(C)c(C)c4)nnn3c3ccsc23)c1. The lowest BCUT2D eigenvalue weighted by Crippen LogP contribution is -2.06. The minimum Gasteiger partial charge on any atom is -0.497 e. The summed E-state index contributed by atoms with van der Waals surface area (Å²) in [6.07, 6.45) is 0. The molecule has 0 aliphatic heterocycles. The second kappa shape index (κ2) is 8.26. The summed E-state index contributed by atoms with van der Waals surface area (Å²) in [6, 6.07) is 12.2. The van der Waals surface area contributed by atoms with Crippen LogP contribution in [0.5, 0.6) is 11.5 Å². The second-order valence-electron chi connectivity index (χ2n) is 7.67. The first-order valence-electron chi connectivity index (χ1n) is 10.3. The van der Waals surface area contributed by atoms with Gasteiger partial charge < -0.3 is 14.8 Å². The number of sulfone groups is 1. The molecule has 1 N–H and O–H groups in total. The third kappa shape index (κ3) is 3.53. The summed E-state index contributed by atoms with van der Waals surface area (Å²) < 4.78 is 40.0. The van der Waals surface area contributed by atoms with Gasteiger partial charge in [-0.1, -0.05) is 11.3 Å². The van der Waals surface area contributed by atoms with Crippen molar-refractivity contribution in [3.63, 3.8) is 0 Å². The number of fused-ring (bicyclic) bond motifs is 3. The maximum absolute atomic E-state index is 13.5. The monoisotopic (exact) mass is 495 g/mol. The van der Waals surface area contributed by atoms with Crippen LogP contribution in [0.3, 0.4) is 0 Å². The Morgan fingerprint density at radius 3 is 2.56 bits per heavy atom. The Bertz CT molecular complexity index is 1660. The summed E-state index contributed by atoms with van der Waals surface area (Å²) in [5.41, 5.74) is 3.32. The first-order valence-corrected chi connectivity index (χ1v) is 12.6. The fourth-order valence-electron chi connectivity index (χ4n) is 3.61. The van der Waals surface area contributed by atoms with E-state index in [9.17, 15) is 8.42 Å². The summed E-state index contributed by atoms with van der Waals surface area (Å²) in [5, 5.41) is 13.1. The molecular weight excluding hydrogens is 474 g/mol. The van der Waals surface area contributed by atoms with Crippen molar-refractivity contribution in [3.05, 3.63) is 59.0 Å². The summed E-state index contributed by atoms with van der Waals surface area (Å²) in [7, 11) is -0.805. The highest BCUT2D eigenvalue weighted by Crippen LogP contribution is 2.36. The molecule has 174 valence electrons. The Morgan fingerprint density at radius 2 is 1.82 bits per heavy atom. The van der Waals surface area contributed by atoms with Crippen molar-refractivity contribution in [1.29, 1.82) is 0 Å². The number of anilines is 2. The Kier molecular flexibility index (Phi) is 5.37. The molecule has 0 amide bonds. The average Bonchev–Trinajstić information content (AvgIpc) is 3.48. The third-order valence-corrected chi connectivity index (χ3v) is 8.18. The molecule has 34 heavy (non-hydrogen) atoms. The van der Waals surface area contributed by atoms with E-state index in [1.54, 1.807) is 50.6 Å². The van der Waals surface area contributed by atoms with Crippen molar-refractivity contribution in [2.45, 2.75) is 23.8 Å². The van der Waals surface area contributed by atoms with Crippen LogP contribution in [0.15, 0.2) is 57.8 Å². The Labute approximate surface area is 199 Å². The van der Waals surface area contributed by atoms with Crippen LogP contribution in [-0.4, -0.2) is 42.4 Å². The molecule has 3 heterocycles. The molecular formula is C23H21N5O4S2. The molecule has 11 heteroatoms. The smallest absolute Gasteiger partial charge is 0.229 e. The van der Waals surface area contributed by atoms with Crippen LogP contribution in [0.1, 0.15) is 11.1 Å². The van der Waals surface area contributed by atoms with Gasteiger partial charge in [-0.25, -0.2) is 13.4 Å². The molecule has 0 saturated heterocycles. The number of hydrogen-bond donors (Lipinski definition) is 1. The minimum atomic E-state index is -3.95. The standard InChI is InChI=1S/C23H21N5O4S2/c1-13-5-7-16(11-14(13)2)34(29,30)23-22-25-21(20-18(9-10-33-20)28(22)27-26-23)24-17-12-15(31-3)6-8-19(17)32-4/h5-12H,1-4H3,(H,24,25). The van der Waals surface area contributed by atoms with Gasteiger partial charge in [-0.05, 0) is 60.7 Å². The zero-order valence-corrected chi connectivity index (χ0v) is 20.5. The lowest BCUT2D eigenvalue weighted by molar-refractivity contribution is 0.405. The normalized spacial score (nSPS) is 11.8. The van der Waals surface area contributed by atoms with Crippen molar-refractivity contribution in [2.75, 3.05) is 19.5 Å². The van der Waals surface area contributed by atoms with E-state index in [-0.39, 0.29) is 15.6 Å². The molecule has 9 nitrogen and oxygen atoms in total. The molecule has 0 unspecified atom stereocenters. The van der Waals surface area contributed by atoms with E-state index < -0.39 is 9.84 Å². The maximum atomic E-state index is 13.5. The first-order chi connectivity index (χ1) is 16.3. The number of aromatic nitrogens is 4. The average molecular weight is 496 g/mol. The van der Waals surface area contributed by atoms with Crippen LogP contribution in [0, 0.1) is 13.8 Å². The molecule has 0 bridgehead atoms. The van der Waals surface area contributed by atoms with Crippen molar-refractivity contribution in [3.8, 4) is 11.5 Å². The van der Waals surface area contributed by atoms with Gasteiger partial charge in [0.15, 0.2) is 11.5 Å². The van der Waals surface area contributed by atoms with Crippen molar-refractivity contribution in [2.24, 2.45) is 0 Å². The highest BCUT2D eigenvalue weighted by molar-refractivity contribution is 7.91. The van der Waals surface area contributed by atoms with Crippen LogP contribution >= 0.6 is 11.3 Å². The van der Waals surface area contributed by atoms with Crippen LogP contribution in [0.2, 0.25) is 0 Å². The van der Waals surface area contributed by atoms with Gasteiger partial charge in [-0.2, -0.15) is 4.52 Å². The topological polar surface area (TPSA) is 108 Å². The molecule has 0 saturated carbocycles. The van der Waals surface area contributed by atoms with Gasteiger partial charge >= 0.3 is 0 Å². The predicted molar refractivity (Wildman–Crippen MR) is 130 cm³/mol. The van der Waals surface area contributed by atoms with E-state index in [1.165, 1.54) is 15.9 Å². The fourth-order valence-corrected chi connectivity index (χ4v) is 5.75. The minimum absolute atomic E-state index is 0.133. The molecule has 5 aromatic rings. The number of hydrogen-bond acceptors (Lipinski definition) is 9. The molecule has 0 radical (unpaired) electrons. The van der Waals surface area contributed by atoms with Crippen molar-refractivity contribution in [1.82, 2.24) is 19.8 Å². The van der Waals surface area contributed by atoms with Gasteiger partial charge in [0.1, 0.15) is 11.5 Å². The fraction of sp³-hybridized carbons (Fsp3) is 0.174. The first kappa shape index (κ1) is 22.1. The Balaban J connectivity index is 1.70. The molecule has 3 aromatic heterocycles. The number of ether oxygens (including phenoxy) is 2. The van der Waals surface area contributed by atoms with Gasteiger partial charge in [0.25, 0.3) is 0 Å². The largest absolute Gasteiger partial charge is 0.497 e. The summed E-state index contributed by atoms with van der Waals surface area (Å²) in [4.78, 5) is 4.80. The molecule has 0 fully saturated rings. The number of nitrogens with zero attached hydrogens (tertiary/aromatic N) is 4. The Hall–Kier alpha value is -3.70. The molecule has 0 spiro atoms. The molecule has 2 aromatic carbocycles. The lowest BCUT2D eigenvalue weighted by Gasteiger charge is -2.13. The number of methoxy groups -OCH3 is 2. The quantitative estimate of drug-likeness (QED) is 0.366. The van der Waals surface area contributed by atoms with Gasteiger partial charge in [0.2, 0.25) is 14.9 Å². The zero-order chi connectivity index (χ0) is 24.0. The maximum Gasteiger partial charge on any atom is 0.229 e.